The Labute approximate surface area is 183 Å². The number of para-hydroxylation sites is 1. The molecule has 1 N–H and O–H groups in total. The van der Waals surface area contributed by atoms with E-state index in [0.29, 0.717) is 12.2 Å². The van der Waals surface area contributed by atoms with Gasteiger partial charge in [0, 0.05) is 31.6 Å². The number of amides is 1. The normalized spacial score (nSPS) is 12.1. The molecule has 0 saturated heterocycles. The summed E-state index contributed by atoms with van der Waals surface area (Å²) in [7, 11) is 3.56. The Bertz CT molecular complexity index is 1100. The molecule has 0 saturated carbocycles. The van der Waals surface area contributed by atoms with Crippen molar-refractivity contribution in [2.45, 2.75) is 16.8 Å². The van der Waals surface area contributed by atoms with E-state index in [1.807, 2.05) is 60.3 Å². The largest absolute Gasteiger partial charge is 0.497 e. The number of carbonyl (C=O) groups is 1. The van der Waals surface area contributed by atoms with Crippen molar-refractivity contribution in [3.63, 3.8) is 0 Å². The maximum Gasteiger partial charge on any atom is 0.221 e. The number of ether oxygens (including phenoxy) is 1. The molecule has 0 aliphatic carbocycles. The number of nitrogens with zero attached hydrogens (tertiary/aromatic N) is 3. The lowest BCUT2D eigenvalue weighted by molar-refractivity contribution is -0.121. The number of nitrogens with one attached hydrogen (secondary N) is 1. The number of benzene rings is 2. The minimum Gasteiger partial charge on any atom is -0.497 e. The summed E-state index contributed by atoms with van der Waals surface area (Å²) in [5, 5.41) is 3.13. The first-order valence-electron chi connectivity index (χ1n) is 9.53. The first-order chi connectivity index (χ1) is 14.6. The number of carbonyl (C=O) groups excluding carboxylic acids is 1. The van der Waals surface area contributed by atoms with Crippen LogP contribution in [0.5, 0.6) is 5.75 Å². The number of thiazole rings is 1. The van der Waals surface area contributed by atoms with Gasteiger partial charge in [-0.2, -0.15) is 0 Å². The summed E-state index contributed by atoms with van der Waals surface area (Å²) in [6, 6.07) is 15.4. The summed E-state index contributed by atoms with van der Waals surface area (Å²) in [4.78, 5) is 21.8. The maximum atomic E-state index is 12.7. The molecule has 0 fully saturated rings. The zero-order valence-corrected chi connectivity index (χ0v) is 18.4. The minimum atomic E-state index is -0.323. The van der Waals surface area contributed by atoms with Crippen molar-refractivity contribution in [2.24, 2.45) is 7.05 Å². The highest BCUT2D eigenvalue weighted by Crippen LogP contribution is 2.30. The predicted octanol–water partition coefficient (Wildman–Crippen LogP) is 4.43. The van der Waals surface area contributed by atoms with Crippen molar-refractivity contribution >= 4 is 39.2 Å². The van der Waals surface area contributed by atoms with Crippen LogP contribution in [0.2, 0.25) is 0 Å². The third kappa shape index (κ3) is 4.66. The lowest BCUT2D eigenvalue weighted by Gasteiger charge is -2.19. The van der Waals surface area contributed by atoms with E-state index in [4.69, 9.17) is 4.74 Å². The Hall–Kier alpha value is -2.84. The summed E-state index contributed by atoms with van der Waals surface area (Å²) >= 11 is 3.27. The van der Waals surface area contributed by atoms with Gasteiger partial charge in [0.2, 0.25) is 5.91 Å². The van der Waals surface area contributed by atoms with Crippen LogP contribution in [0.15, 0.2) is 65.3 Å². The van der Waals surface area contributed by atoms with Gasteiger partial charge in [-0.15, -0.1) is 11.3 Å². The van der Waals surface area contributed by atoms with Gasteiger partial charge in [-0.1, -0.05) is 36.0 Å². The van der Waals surface area contributed by atoms with E-state index in [-0.39, 0.29) is 11.9 Å². The van der Waals surface area contributed by atoms with Crippen LogP contribution >= 0.6 is 23.1 Å². The average molecular weight is 439 g/mol. The molecule has 1 atom stereocenters. The number of aryl methyl sites for hydroxylation is 1. The molecule has 0 unspecified atom stereocenters. The van der Waals surface area contributed by atoms with E-state index < -0.39 is 0 Å². The Morgan fingerprint density at radius 1 is 1.23 bits per heavy atom. The third-order valence-corrected chi connectivity index (χ3v) is 6.88. The monoisotopic (exact) mass is 438 g/mol. The maximum absolute atomic E-state index is 12.7. The molecule has 0 spiro atoms. The number of aromatic nitrogens is 3. The molecule has 8 heteroatoms. The first kappa shape index (κ1) is 20.4. The Balaban J connectivity index is 1.41. The average Bonchev–Trinajstić information content (AvgIpc) is 3.37. The quantitative estimate of drug-likeness (QED) is 0.412. The van der Waals surface area contributed by atoms with Crippen LogP contribution in [0.25, 0.3) is 10.2 Å². The van der Waals surface area contributed by atoms with Crippen LogP contribution in [0.4, 0.5) is 0 Å². The van der Waals surface area contributed by atoms with Crippen molar-refractivity contribution in [2.75, 3.05) is 12.9 Å². The van der Waals surface area contributed by atoms with Crippen molar-refractivity contribution in [1.29, 1.82) is 0 Å². The van der Waals surface area contributed by atoms with E-state index in [1.165, 1.54) is 4.70 Å². The number of fused-ring (bicyclic) bond motifs is 1. The molecule has 0 aliphatic heterocycles. The highest BCUT2D eigenvalue weighted by molar-refractivity contribution is 8.01. The second kappa shape index (κ2) is 9.32. The lowest BCUT2D eigenvalue weighted by Crippen LogP contribution is -2.31. The van der Waals surface area contributed by atoms with Gasteiger partial charge in [0.25, 0.3) is 0 Å². The summed E-state index contributed by atoms with van der Waals surface area (Å²) in [5.41, 5.74) is 1.96. The van der Waals surface area contributed by atoms with E-state index >= 15 is 0 Å². The highest BCUT2D eigenvalue weighted by Gasteiger charge is 2.21. The van der Waals surface area contributed by atoms with Gasteiger partial charge in [-0.3, -0.25) is 4.79 Å². The molecule has 2 heterocycles. The molecular formula is C22H22N4O2S2. The lowest BCUT2D eigenvalue weighted by atomic mass is 10.1. The molecule has 2 aromatic heterocycles. The molecule has 0 bridgehead atoms. The Morgan fingerprint density at radius 3 is 2.73 bits per heavy atom. The number of hydrogen-bond acceptors (Lipinski definition) is 6. The summed E-state index contributed by atoms with van der Waals surface area (Å²) < 4.78 is 9.32. The van der Waals surface area contributed by atoms with Gasteiger partial charge in [0.05, 0.1) is 17.3 Å². The van der Waals surface area contributed by atoms with E-state index in [2.05, 4.69) is 21.4 Å². The molecule has 0 aliphatic rings. The fourth-order valence-electron chi connectivity index (χ4n) is 3.13. The molecule has 4 rings (SSSR count). The molecule has 4 aromatic rings. The fourth-order valence-corrected chi connectivity index (χ4v) is 5.20. The van der Waals surface area contributed by atoms with Crippen LogP contribution in [-0.4, -0.2) is 33.3 Å². The van der Waals surface area contributed by atoms with E-state index in [9.17, 15) is 4.79 Å². The summed E-state index contributed by atoms with van der Waals surface area (Å²) in [6.45, 7) is 0. The molecule has 6 nitrogen and oxygen atoms in total. The zero-order valence-electron chi connectivity index (χ0n) is 16.7. The van der Waals surface area contributed by atoms with Crippen molar-refractivity contribution in [3.05, 3.63) is 72.3 Å². The van der Waals surface area contributed by atoms with E-state index in [0.717, 1.165) is 27.0 Å². The Morgan fingerprint density at radius 2 is 2.03 bits per heavy atom. The molecule has 0 radical (unpaired) electrons. The van der Waals surface area contributed by atoms with Crippen LogP contribution in [0, 0.1) is 0 Å². The Kier molecular flexibility index (Phi) is 6.35. The molecule has 154 valence electrons. The summed E-state index contributed by atoms with van der Waals surface area (Å²) in [6.07, 6.45) is 4.01. The minimum absolute atomic E-state index is 0.0209. The van der Waals surface area contributed by atoms with Crippen molar-refractivity contribution in [1.82, 2.24) is 19.9 Å². The molecular weight excluding hydrogens is 416 g/mol. The van der Waals surface area contributed by atoms with E-state index in [1.54, 1.807) is 36.4 Å². The number of imidazole rings is 1. The fraction of sp³-hybridized carbons (Fsp3) is 0.227. The van der Waals surface area contributed by atoms with Crippen molar-refractivity contribution in [3.8, 4) is 5.75 Å². The number of thioether (sulfide) groups is 1. The molecule has 2 aromatic carbocycles. The van der Waals surface area contributed by atoms with Crippen molar-refractivity contribution < 1.29 is 9.53 Å². The number of methoxy groups -OCH3 is 1. The number of hydrogen-bond donors (Lipinski definition) is 1. The predicted molar refractivity (Wildman–Crippen MR) is 121 cm³/mol. The topological polar surface area (TPSA) is 69.0 Å². The standard InChI is InChI=1S/C22H22N4O2S2/c1-26-13-12-23-21(26)20(15-7-9-16(28-2)10-8-15)25-19(27)11-14-29-22-24-17-5-3-4-6-18(17)30-22/h3-10,12-13,20H,11,14H2,1-2H3,(H,25,27)/t20-/m0/s1. The van der Waals surface area contributed by atoms with Crippen LogP contribution in [0.3, 0.4) is 0 Å². The smallest absolute Gasteiger partial charge is 0.221 e. The summed E-state index contributed by atoms with van der Waals surface area (Å²) in [5.74, 6) is 2.21. The zero-order chi connectivity index (χ0) is 20.9. The number of rotatable bonds is 8. The SMILES string of the molecule is COc1ccc([C@H](NC(=O)CCSc2nc3ccccc3s2)c2nccn2C)cc1. The first-order valence-corrected chi connectivity index (χ1v) is 11.3. The highest BCUT2D eigenvalue weighted by atomic mass is 32.2. The molecule has 1 amide bonds. The third-order valence-electron chi connectivity index (χ3n) is 4.70. The van der Waals surface area contributed by atoms with Crippen LogP contribution in [-0.2, 0) is 11.8 Å². The molecule has 30 heavy (non-hydrogen) atoms. The van der Waals surface area contributed by atoms with Gasteiger partial charge in [0.1, 0.15) is 17.6 Å². The van der Waals surface area contributed by atoms with Crippen LogP contribution < -0.4 is 10.1 Å². The van der Waals surface area contributed by atoms with Gasteiger partial charge in [0.15, 0.2) is 4.34 Å². The van der Waals surface area contributed by atoms with Crippen LogP contribution in [0.1, 0.15) is 23.9 Å². The van der Waals surface area contributed by atoms with Gasteiger partial charge < -0.3 is 14.6 Å². The van der Waals surface area contributed by atoms with Gasteiger partial charge in [-0.05, 0) is 29.8 Å². The van der Waals surface area contributed by atoms with Gasteiger partial charge >= 0.3 is 0 Å². The van der Waals surface area contributed by atoms with Gasteiger partial charge in [-0.25, -0.2) is 9.97 Å². The second-order valence-electron chi connectivity index (χ2n) is 6.72. The second-order valence-corrected chi connectivity index (χ2v) is 9.09.